The predicted octanol–water partition coefficient (Wildman–Crippen LogP) is 3.59. The van der Waals surface area contributed by atoms with Crippen molar-refractivity contribution in [3.05, 3.63) is 11.4 Å². The Bertz CT molecular complexity index is 435. The Labute approximate surface area is 126 Å². The number of aromatic nitrogens is 2. The monoisotopic (exact) mass is 297 g/mol. The van der Waals surface area contributed by atoms with E-state index in [0.29, 0.717) is 5.92 Å². The third-order valence-electron chi connectivity index (χ3n) is 3.15. The Kier molecular flexibility index (Phi) is 6.76. The lowest BCUT2D eigenvalue weighted by Crippen LogP contribution is -2.16. The summed E-state index contributed by atoms with van der Waals surface area (Å²) in [6, 6.07) is 0. The molecule has 0 fully saturated rings. The zero-order valence-electron chi connectivity index (χ0n) is 13.4. The molecule has 1 rings (SSSR count). The largest absolute Gasteiger partial charge is 0.392 e. The number of thioether (sulfide) groups is 1. The minimum Gasteiger partial charge on any atom is -0.392 e. The van der Waals surface area contributed by atoms with Crippen LogP contribution >= 0.6 is 11.8 Å². The van der Waals surface area contributed by atoms with Crippen molar-refractivity contribution in [3.63, 3.8) is 0 Å². The standard InChI is InChI=1S/C15H27N3OS/c1-7-8-16-14-10(4)15(20-12(6)11(5)19)18-13(17-14)9(2)3/h9,11-12,19H,7-8H2,1-6H3,(H,16,17,18). The Balaban J connectivity index is 3.10. The first-order chi connectivity index (χ1) is 9.36. The highest BCUT2D eigenvalue weighted by Crippen LogP contribution is 2.30. The van der Waals surface area contributed by atoms with Crippen LogP contribution in [0.2, 0.25) is 0 Å². The van der Waals surface area contributed by atoms with Crippen LogP contribution in [0, 0.1) is 6.92 Å². The van der Waals surface area contributed by atoms with Crippen molar-refractivity contribution < 1.29 is 5.11 Å². The summed E-state index contributed by atoms with van der Waals surface area (Å²) in [7, 11) is 0. The highest BCUT2D eigenvalue weighted by molar-refractivity contribution is 7.99. The molecule has 4 nitrogen and oxygen atoms in total. The van der Waals surface area contributed by atoms with E-state index in [0.717, 1.165) is 35.2 Å². The van der Waals surface area contributed by atoms with Crippen molar-refractivity contribution in [2.75, 3.05) is 11.9 Å². The number of hydrogen-bond donors (Lipinski definition) is 2. The summed E-state index contributed by atoms with van der Waals surface area (Å²) in [4.78, 5) is 9.29. The predicted molar refractivity (Wildman–Crippen MR) is 86.6 cm³/mol. The Morgan fingerprint density at radius 1 is 1.20 bits per heavy atom. The van der Waals surface area contributed by atoms with E-state index in [2.05, 4.69) is 36.1 Å². The molecule has 20 heavy (non-hydrogen) atoms. The second-order valence-electron chi connectivity index (χ2n) is 5.51. The summed E-state index contributed by atoms with van der Waals surface area (Å²) < 4.78 is 0. The van der Waals surface area contributed by atoms with Gasteiger partial charge in [0.25, 0.3) is 0 Å². The average molecular weight is 297 g/mol. The van der Waals surface area contributed by atoms with Crippen LogP contribution in [0.3, 0.4) is 0 Å². The van der Waals surface area contributed by atoms with E-state index in [4.69, 9.17) is 0 Å². The molecule has 0 aliphatic heterocycles. The Morgan fingerprint density at radius 2 is 1.85 bits per heavy atom. The fourth-order valence-corrected chi connectivity index (χ4v) is 2.54. The molecular formula is C15H27N3OS. The van der Waals surface area contributed by atoms with E-state index in [1.807, 2.05) is 20.8 Å². The maximum Gasteiger partial charge on any atom is 0.134 e. The van der Waals surface area contributed by atoms with Crippen molar-refractivity contribution in [1.82, 2.24) is 9.97 Å². The number of hydrogen-bond acceptors (Lipinski definition) is 5. The van der Waals surface area contributed by atoms with Crippen molar-refractivity contribution in [2.45, 2.75) is 70.3 Å². The van der Waals surface area contributed by atoms with Crippen molar-refractivity contribution in [3.8, 4) is 0 Å². The van der Waals surface area contributed by atoms with Gasteiger partial charge >= 0.3 is 0 Å². The quantitative estimate of drug-likeness (QED) is 0.595. The van der Waals surface area contributed by atoms with Crippen LogP contribution in [0.5, 0.6) is 0 Å². The van der Waals surface area contributed by atoms with Crippen molar-refractivity contribution in [2.24, 2.45) is 0 Å². The summed E-state index contributed by atoms with van der Waals surface area (Å²) in [6.45, 7) is 13.1. The van der Waals surface area contributed by atoms with Gasteiger partial charge in [0.05, 0.1) is 6.10 Å². The van der Waals surface area contributed by atoms with Crippen molar-refractivity contribution in [1.29, 1.82) is 0 Å². The molecule has 2 N–H and O–H groups in total. The minimum atomic E-state index is -0.357. The van der Waals surface area contributed by atoms with Gasteiger partial charge in [-0.15, -0.1) is 11.8 Å². The van der Waals surface area contributed by atoms with Crippen LogP contribution in [0.4, 0.5) is 5.82 Å². The molecule has 0 spiro atoms. The SMILES string of the molecule is CCCNc1nc(C(C)C)nc(SC(C)C(C)O)c1C. The van der Waals surface area contributed by atoms with Gasteiger partial charge in [0.1, 0.15) is 16.7 Å². The first-order valence-corrected chi connectivity index (χ1v) is 8.21. The second kappa shape index (κ2) is 7.84. The molecule has 0 aromatic carbocycles. The third kappa shape index (κ3) is 4.63. The molecule has 0 radical (unpaired) electrons. The topological polar surface area (TPSA) is 58.0 Å². The van der Waals surface area contributed by atoms with Crippen LogP contribution in [0.25, 0.3) is 0 Å². The van der Waals surface area contributed by atoms with Gasteiger partial charge in [0, 0.05) is 23.3 Å². The number of nitrogens with one attached hydrogen (secondary N) is 1. The van der Waals surface area contributed by atoms with Crippen LogP contribution in [0.15, 0.2) is 5.03 Å². The highest BCUT2D eigenvalue weighted by Gasteiger charge is 2.17. The van der Waals surface area contributed by atoms with Crippen LogP contribution in [-0.2, 0) is 0 Å². The lowest BCUT2D eigenvalue weighted by atomic mass is 10.2. The van der Waals surface area contributed by atoms with Gasteiger partial charge in [-0.25, -0.2) is 9.97 Å². The average Bonchev–Trinajstić information content (AvgIpc) is 2.39. The van der Waals surface area contributed by atoms with Gasteiger partial charge in [0.15, 0.2) is 0 Å². The molecule has 114 valence electrons. The van der Waals surface area contributed by atoms with Gasteiger partial charge in [0.2, 0.25) is 0 Å². The molecule has 0 saturated heterocycles. The molecular weight excluding hydrogens is 270 g/mol. The van der Waals surface area contributed by atoms with E-state index in [1.165, 1.54) is 0 Å². The van der Waals surface area contributed by atoms with E-state index < -0.39 is 0 Å². The molecule has 1 heterocycles. The molecule has 0 aliphatic rings. The number of rotatable bonds is 7. The maximum atomic E-state index is 9.68. The molecule has 0 saturated carbocycles. The number of anilines is 1. The van der Waals surface area contributed by atoms with Gasteiger partial charge in [-0.1, -0.05) is 27.7 Å². The van der Waals surface area contributed by atoms with Gasteiger partial charge < -0.3 is 10.4 Å². The zero-order valence-corrected chi connectivity index (χ0v) is 14.2. The maximum absolute atomic E-state index is 9.68. The van der Waals surface area contributed by atoms with Crippen LogP contribution in [-0.4, -0.2) is 33.0 Å². The fraction of sp³-hybridized carbons (Fsp3) is 0.733. The number of aliphatic hydroxyl groups excluding tert-OH is 1. The van der Waals surface area contributed by atoms with Gasteiger partial charge in [-0.2, -0.15) is 0 Å². The summed E-state index contributed by atoms with van der Waals surface area (Å²) in [5.41, 5.74) is 1.07. The molecule has 2 atom stereocenters. The first kappa shape index (κ1) is 17.2. The van der Waals surface area contributed by atoms with E-state index in [9.17, 15) is 5.11 Å². The summed E-state index contributed by atoms with van der Waals surface area (Å²) in [6.07, 6.45) is 0.705. The lowest BCUT2D eigenvalue weighted by Gasteiger charge is -2.18. The lowest BCUT2D eigenvalue weighted by molar-refractivity contribution is 0.196. The van der Waals surface area contributed by atoms with E-state index >= 15 is 0 Å². The molecule has 2 unspecified atom stereocenters. The number of aliphatic hydroxyl groups is 1. The highest BCUT2D eigenvalue weighted by atomic mass is 32.2. The van der Waals surface area contributed by atoms with Gasteiger partial charge in [-0.3, -0.25) is 0 Å². The molecule has 1 aromatic rings. The van der Waals surface area contributed by atoms with Crippen LogP contribution in [0.1, 0.15) is 58.3 Å². The number of nitrogens with zero attached hydrogens (tertiary/aromatic N) is 2. The summed E-state index contributed by atoms with van der Waals surface area (Å²) in [5.74, 6) is 2.07. The third-order valence-corrected chi connectivity index (χ3v) is 4.54. The normalized spacial score (nSPS) is 14.4. The molecule has 1 aromatic heterocycles. The Hall–Kier alpha value is -0.810. The molecule has 0 aliphatic carbocycles. The van der Waals surface area contributed by atoms with Gasteiger partial charge in [-0.05, 0) is 20.3 Å². The Morgan fingerprint density at radius 3 is 2.35 bits per heavy atom. The van der Waals surface area contributed by atoms with E-state index in [1.54, 1.807) is 11.8 Å². The zero-order chi connectivity index (χ0) is 15.3. The molecule has 0 bridgehead atoms. The summed E-state index contributed by atoms with van der Waals surface area (Å²) >= 11 is 1.62. The minimum absolute atomic E-state index is 0.114. The smallest absolute Gasteiger partial charge is 0.134 e. The fourth-order valence-electron chi connectivity index (χ4n) is 1.58. The van der Waals surface area contributed by atoms with E-state index in [-0.39, 0.29) is 11.4 Å². The second-order valence-corrected chi connectivity index (χ2v) is 6.87. The first-order valence-electron chi connectivity index (χ1n) is 7.33. The summed E-state index contributed by atoms with van der Waals surface area (Å²) in [5, 5.41) is 14.1. The molecule has 5 heteroatoms. The van der Waals surface area contributed by atoms with Crippen LogP contribution < -0.4 is 5.32 Å². The molecule has 0 amide bonds. The van der Waals surface area contributed by atoms with Crippen molar-refractivity contribution >= 4 is 17.6 Å².